The normalized spacial score (nSPS) is 17.6. The molecule has 1 aliphatic rings. The molecule has 1 N–H and O–H groups in total. The lowest BCUT2D eigenvalue weighted by Gasteiger charge is -2.29. The number of carbonyl (C=O) groups is 1. The highest BCUT2D eigenvalue weighted by Gasteiger charge is 2.23. The highest BCUT2D eigenvalue weighted by Crippen LogP contribution is 2.32. The summed E-state index contributed by atoms with van der Waals surface area (Å²) < 4.78 is 27.4. The molecule has 1 fully saturated rings. The topological polar surface area (TPSA) is 47.6 Å². The van der Waals surface area contributed by atoms with Gasteiger partial charge in [-0.15, -0.1) is 0 Å². The van der Waals surface area contributed by atoms with Gasteiger partial charge in [-0.25, -0.2) is 4.39 Å². The molecule has 1 saturated carbocycles. The number of carbonyl (C=O) groups excluding carboxylic acids is 1. The monoisotopic (exact) mass is 573 g/mol. The number of rotatable bonds is 9. The van der Waals surface area contributed by atoms with E-state index in [1.165, 1.54) is 19.1 Å². The molecule has 0 saturated heterocycles. The molecule has 3 aromatic carbocycles. The first-order chi connectivity index (χ1) is 17.4. The Hall–Kier alpha value is -2.41. The van der Waals surface area contributed by atoms with Crippen molar-refractivity contribution in [2.75, 3.05) is 6.54 Å². The molecule has 4 nitrogen and oxygen atoms in total. The second-order valence-corrected chi connectivity index (χ2v) is 10.4. The minimum Gasteiger partial charge on any atom is -0.490 e. The Bertz CT molecular complexity index is 1200. The van der Waals surface area contributed by atoms with Crippen molar-refractivity contribution in [1.82, 2.24) is 5.32 Å². The van der Waals surface area contributed by atoms with Gasteiger partial charge < -0.3 is 14.8 Å². The van der Waals surface area contributed by atoms with Crippen LogP contribution in [0.4, 0.5) is 4.39 Å². The summed E-state index contributed by atoms with van der Waals surface area (Å²) in [4.78, 5) is 11.3. The van der Waals surface area contributed by atoms with Crippen LogP contribution in [0.1, 0.15) is 43.7 Å². The maximum absolute atomic E-state index is 14.0. The van der Waals surface area contributed by atoms with Crippen LogP contribution in [0.15, 0.2) is 65.1 Å². The highest BCUT2D eigenvalue weighted by atomic mass is 79.9. The molecule has 190 valence electrons. The van der Waals surface area contributed by atoms with Crippen LogP contribution < -0.4 is 10.1 Å². The summed E-state index contributed by atoms with van der Waals surface area (Å²) in [5.74, 6) is 0.422. The zero-order valence-electron chi connectivity index (χ0n) is 20.2. The fourth-order valence-electron chi connectivity index (χ4n) is 4.50. The smallest absolute Gasteiger partial charge is 0.216 e. The van der Waals surface area contributed by atoms with E-state index >= 15 is 0 Å². The first kappa shape index (κ1) is 26.6. The van der Waals surface area contributed by atoms with Gasteiger partial charge in [0.2, 0.25) is 5.91 Å². The van der Waals surface area contributed by atoms with Gasteiger partial charge in [0.05, 0.1) is 18.8 Å². The maximum atomic E-state index is 14.0. The molecule has 3 aromatic rings. The van der Waals surface area contributed by atoms with Gasteiger partial charge in [-0.3, -0.25) is 4.79 Å². The lowest BCUT2D eigenvalue weighted by Crippen LogP contribution is -2.28. The first-order valence-electron chi connectivity index (χ1n) is 12.2. The van der Waals surface area contributed by atoms with Crippen LogP contribution in [0.3, 0.4) is 0 Å². The van der Waals surface area contributed by atoms with E-state index in [1.807, 2.05) is 42.5 Å². The van der Waals surface area contributed by atoms with Crippen molar-refractivity contribution in [2.24, 2.45) is 0 Å². The van der Waals surface area contributed by atoms with Crippen LogP contribution in [0.25, 0.3) is 11.1 Å². The van der Waals surface area contributed by atoms with Crippen LogP contribution in [-0.2, 0) is 22.6 Å². The van der Waals surface area contributed by atoms with Gasteiger partial charge >= 0.3 is 0 Å². The molecule has 0 atom stereocenters. The summed E-state index contributed by atoms with van der Waals surface area (Å²) in [6, 6.07) is 18.3. The molecule has 7 heteroatoms. The van der Waals surface area contributed by atoms with Crippen LogP contribution in [-0.4, -0.2) is 24.7 Å². The van der Waals surface area contributed by atoms with Crippen LogP contribution >= 0.6 is 27.5 Å². The minimum absolute atomic E-state index is 0.0670. The van der Waals surface area contributed by atoms with Crippen molar-refractivity contribution in [3.8, 4) is 16.9 Å². The van der Waals surface area contributed by atoms with Gasteiger partial charge in [0.25, 0.3) is 0 Å². The fourth-order valence-corrected chi connectivity index (χ4v) is 5.30. The largest absolute Gasteiger partial charge is 0.490 e. The van der Waals surface area contributed by atoms with Gasteiger partial charge in [0.1, 0.15) is 11.6 Å². The number of hydrogen-bond donors (Lipinski definition) is 1. The predicted molar refractivity (Wildman–Crippen MR) is 145 cm³/mol. The van der Waals surface area contributed by atoms with Gasteiger partial charge in [-0.2, -0.15) is 0 Å². The second kappa shape index (κ2) is 12.7. The van der Waals surface area contributed by atoms with E-state index < -0.39 is 0 Å². The summed E-state index contributed by atoms with van der Waals surface area (Å²) in [6.45, 7) is 2.57. The molecule has 0 unspecified atom stereocenters. The molecule has 1 aliphatic carbocycles. The Morgan fingerprint density at radius 1 is 1.03 bits per heavy atom. The van der Waals surface area contributed by atoms with Crippen molar-refractivity contribution < 1.29 is 18.7 Å². The van der Waals surface area contributed by atoms with E-state index in [9.17, 15) is 9.18 Å². The summed E-state index contributed by atoms with van der Waals surface area (Å²) in [5.41, 5.74) is 3.83. The molecule has 1 amide bonds. The maximum Gasteiger partial charge on any atom is 0.216 e. The Morgan fingerprint density at radius 2 is 1.78 bits per heavy atom. The predicted octanol–water partition coefficient (Wildman–Crippen LogP) is 7.49. The Labute approximate surface area is 225 Å². The molecule has 0 bridgehead atoms. The summed E-state index contributed by atoms with van der Waals surface area (Å²) in [5, 5.41) is 3.53. The lowest BCUT2D eigenvalue weighted by atomic mass is 9.94. The Morgan fingerprint density at radius 3 is 2.50 bits per heavy atom. The molecule has 4 rings (SSSR count). The minimum atomic E-state index is -0.282. The van der Waals surface area contributed by atoms with Gasteiger partial charge in [0, 0.05) is 23.0 Å². The SMILES string of the molecule is CC(=O)NCCc1ccc(OC2CCC(OCc3ccc(Cl)cc3Br)CC2)cc1-c1cccc(F)c1. The fraction of sp³-hybridized carbons (Fsp3) is 0.345. The van der Waals surface area contributed by atoms with Gasteiger partial charge in [0.15, 0.2) is 0 Å². The third kappa shape index (κ3) is 7.55. The van der Waals surface area contributed by atoms with Crippen molar-refractivity contribution in [1.29, 1.82) is 0 Å². The van der Waals surface area contributed by atoms with Crippen molar-refractivity contribution in [3.05, 3.63) is 87.1 Å². The highest BCUT2D eigenvalue weighted by molar-refractivity contribution is 9.10. The average Bonchev–Trinajstić information content (AvgIpc) is 2.85. The molecular weight excluding hydrogens is 545 g/mol. The van der Waals surface area contributed by atoms with Crippen molar-refractivity contribution >= 4 is 33.4 Å². The molecule has 0 aromatic heterocycles. The zero-order chi connectivity index (χ0) is 25.5. The standard InChI is InChI=1S/C29H30BrClFNO3/c1-19(34)33-14-13-20-6-8-27(17-28(20)21-3-2-4-24(32)15-21)36-26-11-9-25(10-12-26)35-18-22-5-7-23(31)16-29(22)30/h2-8,15-17,25-26H,9-14,18H2,1H3,(H,33,34). The van der Waals surface area contributed by atoms with Crippen LogP contribution in [0.2, 0.25) is 5.02 Å². The Kier molecular flexibility index (Phi) is 9.41. The van der Waals surface area contributed by atoms with E-state index in [0.717, 1.165) is 58.2 Å². The zero-order valence-corrected chi connectivity index (χ0v) is 22.6. The molecular formula is C29H30BrClFNO3. The van der Waals surface area contributed by atoms with E-state index in [-0.39, 0.29) is 23.9 Å². The number of ether oxygens (including phenoxy) is 2. The number of benzene rings is 3. The molecule has 36 heavy (non-hydrogen) atoms. The average molecular weight is 575 g/mol. The first-order valence-corrected chi connectivity index (χ1v) is 13.4. The van der Waals surface area contributed by atoms with Crippen molar-refractivity contribution in [2.45, 2.75) is 57.8 Å². The molecule has 0 aliphatic heterocycles. The Balaban J connectivity index is 1.37. The lowest BCUT2D eigenvalue weighted by molar-refractivity contribution is -0.118. The quantitative estimate of drug-likeness (QED) is 0.288. The third-order valence-corrected chi connectivity index (χ3v) is 7.37. The van der Waals surface area contributed by atoms with E-state index in [2.05, 4.69) is 21.2 Å². The summed E-state index contributed by atoms with van der Waals surface area (Å²) >= 11 is 9.57. The number of nitrogens with one attached hydrogen (secondary N) is 1. The van der Waals surface area contributed by atoms with Crippen LogP contribution in [0, 0.1) is 5.82 Å². The number of amides is 1. The van der Waals surface area contributed by atoms with Crippen LogP contribution in [0.5, 0.6) is 5.75 Å². The molecule has 0 heterocycles. The number of hydrogen-bond acceptors (Lipinski definition) is 3. The van der Waals surface area contributed by atoms with Crippen molar-refractivity contribution in [3.63, 3.8) is 0 Å². The molecule has 0 radical (unpaired) electrons. The van der Waals surface area contributed by atoms with Gasteiger partial charge in [-0.05, 0) is 90.8 Å². The summed E-state index contributed by atoms with van der Waals surface area (Å²) in [6.07, 6.45) is 4.64. The third-order valence-electron chi connectivity index (χ3n) is 6.40. The summed E-state index contributed by atoms with van der Waals surface area (Å²) in [7, 11) is 0. The van der Waals surface area contributed by atoms with Gasteiger partial charge in [-0.1, -0.05) is 51.8 Å². The van der Waals surface area contributed by atoms with E-state index in [1.54, 1.807) is 6.07 Å². The van der Waals surface area contributed by atoms with E-state index in [4.69, 9.17) is 21.1 Å². The second-order valence-electron chi connectivity index (χ2n) is 9.13. The van der Waals surface area contributed by atoms with E-state index in [0.29, 0.717) is 24.6 Å². The molecule has 0 spiro atoms. The number of halogens is 3.